The summed E-state index contributed by atoms with van der Waals surface area (Å²) in [5, 5.41) is 2.88. The van der Waals surface area contributed by atoms with Crippen molar-refractivity contribution in [2.24, 2.45) is 0 Å². The zero-order chi connectivity index (χ0) is 18.9. The van der Waals surface area contributed by atoms with Gasteiger partial charge in [0.15, 0.2) is 0 Å². The number of nitrogens with zero attached hydrogens (tertiary/aromatic N) is 1. The highest BCUT2D eigenvalue weighted by molar-refractivity contribution is 9.10. The molecule has 0 spiro atoms. The Morgan fingerprint density at radius 2 is 1.85 bits per heavy atom. The minimum absolute atomic E-state index is 0.177. The standard InChI is InChI=1S/C21H25BrN2O2/c1-4-24(5-2)15-16-6-10-19(11-7-16)23-21(25)13-8-17-14-18(22)9-12-20(17)26-3/h6-14H,4-5,15H2,1-3H3,(H,23,25)/b13-8+. The maximum Gasteiger partial charge on any atom is 0.248 e. The molecule has 0 bridgehead atoms. The van der Waals surface area contributed by atoms with Gasteiger partial charge in [-0.1, -0.05) is 41.9 Å². The van der Waals surface area contributed by atoms with Gasteiger partial charge < -0.3 is 10.1 Å². The highest BCUT2D eigenvalue weighted by Gasteiger charge is 2.04. The molecule has 4 nitrogen and oxygen atoms in total. The van der Waals surface area contributed by atoms with E-state index in [1.54, 1.807) is 13.2 Å². The van der Waals surface area contributed by atoms with Gasteiger partial charge >= 0.3 is 0 Å². The van der Waals surface area contributed by atoms with E-state index in [4.69, 9.17) is 4.74 Å². The largest absolute Gasteiger partial charge is 0.496 e. The molecule has 0 heterocycles. The Balaban J connectivity index is 1.98. The van der Waals surface area contributed by atoms with Crippen LogP contribution in [0.5, 0.6) is 5.75 Å². The Morgan fingerprint density at radius 3 is 2.46 bits per heavy atom. The number of hydrogen-bond donors (Lipinski definition) is 1. The van der Waals surface area contributed by atoms with Gasteiger partial charge in [0.1, 0.15) is 5.75 Å². The van der Waals surface area contributed by atoms with Gasteiger partial charge in [0, 0.05) is 28.3 Å². The molecule has 2 aromatic carbocycles. The van der Waals surface area contributed by atoms with Crippen LogP contribution in [0.1, 0.15) is 25.0 Å². The summed E-state index contributed by atoms with van der Waals surface area (Å²) in [6.07, 6.45) is 3.25. The molecular weight excluding hydrogens is 392 g/mol. The van der Waals surface area contributed by atoms with Crippen LogP contribution in [-0.4, -0.2) is 31.0 Å². The van der Waals surface area contributed by atoms with Crippen LogP contribution in [0, 0.1) is 0 Å². The molecular formula is C21H25BrN2O2. The van der Waals surface area contributed by atoms with Crippen molar-refractivity contribution in [2.75, 3.05) is 25.5 Å². The fraction of sp³-hybridized carbons (Fsp3) is 0.286. The molecule has 0 radical (unpaired) electrons. The van der Waals surface area contributed by atoms with E-state index in [-0.39, 0.29) is 5.91 Å². The first kappa shape index (κ1) is 20.2. The van der Waals surface area contributed by atoms with Crippen LogP contribution >= 0.6 is 15.9 Å². The Labute approximate surface area is 164 Å². The van der Waals surface area contributed by atoms with Gasteiger partial charge in [-0.2, -0.15) is 0 Å². The number of anilines is 1. The summed E-state index contributed by atoms with van der Waals surface area (Å²) < 4.78 is 6.24. The molecule has 0 aliphatic carbocycles. The lowest BCUT2D eigenvalue weighted by Crippen LogP contribution is -2.22. The summed E-state index contributed by atoms with van der Waals surface area (Å²) >= 11 is 3.43. The fourth-order valence-corrected chi connectivity index (χ4v) is 2.96. The molecule has 0 aliphatic rings. The number of halogens is 1. The molecule has 0 saturated carbocycles. The van der Waals surface area contributed by atoms with Gasteiger partial charge in [-0.3, -0.25) is 9.69 Å². The third-order valence-corrected chi connectivity index (χ3v) is 4.62. The van der Waals surface area contributed by atoms with E-state index in [0.29, 0.717) is 0 Å². The molecule has 26 heavy (non-hydrogen) atoms. The summed E-state index contributed by atoms with van der Waals surface area (Å²) in [5.74, 6) is 0.543. The first-order valence-corrected chi connectivity index (χ1v) is 9.49. The van der Waals surface area contributed by atoms with Crippen LogP contribution in [0.3, 0.4) is 0 Å². The van der Waals surface area contributed by atoms with Gasteiger partial charge in [-0.05, 0) is 55.1 Å². The van der Waals surface area contributed by atoms with E-state index in [0.717, 1.165) is 41.1 Å². The molecule has 2 aromatic rings. The highest BCUT2D eigenvalue weighted by atomic mass is 79.9. The normalized spacial score (nSPS) is 11.1. The monoisotopic (exact) mass is 416 g/mol. The molecule has 2 rings (SSSR count). The quantitative estimate of drug-likeness (QED) is 0.618. The molecule has 0 unspecified atom stereocenters. The van der Waals surface area contributed by atoms with Gasteiger partial charge in [0.2, 0.25) is 5.91 Å². The molecule has 0 atom stereocenters. The predicted molar refractivity (Wildman–Crippen MR) is 111 cm³/mol. The number of carbonyl (C=O) groups excluding carboxylic acids is 1. The molecule has 5 heteroatoms. The van der Waals surface area contributed by atoms with Crippen molar-refractivity contribution in [3.63, 3.8) is 0 Å². The van der Waals surface area contributed by atoms with Crippen molar-refractivity contribution >= 4 is 33.6 Å². The Kier molecular flexibility index (Phi) is 7.88. The molecule has 1 N–H and O–H groups in total. The molecule has 0 aromatic heterocycles. The summed E-state index contributed by atoms with van der Waals surface area (Å²) in [6, 6.07) is 13.6. The van der Waals surface area contributed by atoms with Crippen molar-refractivity contribution in [2.45, 2.75) is 20.4 Å². The number of benzene rings is 2. The van der Waals surface area contributed by atoms with E-state index in [1.165, 1.54) is 11.6 Å². The lowest BCUT2D eigenvalue weighted by molar-refractivity contribution is -0.111. The minimum atomic E-state index is -0.177. The third kappa shape index (κ3) is 6.00. The molecule has 138 valence electrons. The first-order valence-electron chi connectivity index (χ1n) is 8.69. The van der Waals surface area contributed by atoms with E-state index >= 15 is 0 Å². The summed E-state index contributed by atoms with van der Waals surface area (Å²) in [6.45, 7) is 7.29. The van der Waals surface area contributed by atoms with Crippen LogP contribution in [0.25, 0.3) is 6.08 Å². The van der Waals surface area contributed by atoms with Crippen LogP contribution in [0.15, 0.2) is 53.0 Å². The zero-order valence-electron chi connectivity index (χ0n) is 15.5. The molecule has 0 aliphatic heterocycles. The summed E-state index contributed by atoms with van der Waals surface area (Å²) in [7, 11) is 1.61. The van der Waals surface area contributed by atoms with Gasteiger partial charge in [-0.25, -0.2) is 0 Å². The first-order chi connectivity index (χ1) is 12.5. The number of methoxy groups -OCH3 is 1. The molecule has 0 saturated heterocycles. The van der Waals surface area contributed by atoms with Crippen LogP contribution < -0.4 is 10.1 Å². The van der Waals surface area contributed by atoms with Crippen molar-refractivity contribution in [3.8, 4) is 5.75 Å². The van der Waals surface area contributed by atoms with Crippen LogP contribution in [0.2, 0.25) is 0 Å². The average molecular weight is 417 g/mol. The number of carbonyl (C=O) groups is 1. The lowest BCUT2D eigenvalue weighted by atomic mass is 10.1. The second kappa shape index (κ2) is 10.1. The maximum atomic E-state index is 12.2. The third-order valence-electron chi connectivity index (χ3n) is 4.13. The minimum Gasteiger partial charge on any atom is -0.496 e. The smallest absolute Gasteiger partial charge is 0.248 e. The predicted octanol–water partition coefficient (Wildman–Crippen LogP) is 4.95. The van der Waals surface area contributed by atoms with Crippen LogP contribution in [-0.2, 0) is 11.3 Å². The lowest BCUT2D eigenvalue weighted by Gasteiger charge is -2.18. The fourth-order valence-electron chi connectivity index (χ4n) is 2.58. The highest BCUT2D eigenvalue weighted by Crippen LogP contribution is 2.24. The van der Waals surface area contributed by atoms with E-state index in [2.05, 4.69) is 52.1 Å². The van der Waals surface area contributed by atoms with Crippen molar-refractivity contribution in [1.82, 2.24) is 4.90 Å². The topological polar surface area (TPSA) is 41.6 Å². The Morgan fingerprint density at radius 1 is 1.15 bits per heavy atom. The Bertz CT molecular complexity index is 753. The number of nitrogens with one attached hydrogen (secondary N) is 1. The van der Waals surface area contributed by atoms with E-state index < -0.39 is 0 Å². The van der Waals surface area contributed by atoms with Gasteiger partial charge in [0.05, 0.1) is 7.11 Å². The Hall–Kier alpha value is -2.11. The number of ether oxygens (including phenoxy) is 1. The van der Waals surface area contributed by atoms with E-state index in [1.807, 2.05) is 30.3 Å². The van der Waals surface area contributed by atoms with Gasteiger partial charge in [0.25, 0.3) is 0 Å². The summed E-state index contributed by atoms with van der Waals surface area (Å²) in [4.78, 5) is 14.5. The summed E-state index contributed by atoms with van der Waals surface area (Å²) in [5.41, 5.74) is 2.86. The second-order valence-corrected chi connectivity index (χ2v) is 6.78. The molecule has 1 amide bonds. The van der Waals surface area contributed by atoms with Crippen molar-refractivity contribution < 1.29 is 9.53 Å². The van der Waals surface area contributed by atoms with Crippen molar-refractivity contribution in [1.29, 1.82) is 0 Å². The van der Waals surface area contributed by atoms with Gasteiger partial charge in [-0.15, -0.1) is 0 Å². The van der Waals surface area contributed by atoms with E-state index in [9.17, 15) is 4.79 Å². The zero-order valence-corrected chi connectivity index (χ0v) is 17.0. The second-order valence-electron chi connectivity index (χ2n) is 5.87. The number of hydrogen-bond acceptors (Lipinski definition) is 3. The number of amides is 1. The SMILES string of the molecule is CCN(CC)Cc1ccc(NC(=O)/C=C/c2cc(Br)ccc2OC)cc1. The van der Waals surface area contributed by atoms with Crippen LogP contribution in [0.4, 0.5) is 5.69 Å². The van der Waals surface area contributed by atoms with Crippen molar-refractivity contribution in [3.05, 3.63) is 64.1 Å². The molecule has 0 fully saturated rings. The number of rotatable bonds is 8. The maximum absolute atomic E-state index is 12.2. The average Bonchev–Trinajstić information content (AvgIpc) is 2.66.